The van der Waals surface area contributed by atoms with Gasteiger partial charge in [0, 0.05) is 0 Å². The van der Waals surface area contributed by atoms with E-state index >= 15 is 0 Å². The molecular weight excluding hydrogens is 308 g/mol. The third-order valence-electron chi connectivity index (χ3n) is 3.42. The molecule has 0 saturated heterocycles. The van der Waals surface area contributed by atoms with Crippen molar-refractivity contribution in [3.8, 4) is 11.5 Å². The van der Waals surface area contributed by atoms with E-state index < -0.39 is 0 Å². The predicted molar refractivity (Wildman–Crippen MR) is 107 cm³/mol. The molecule has 2 rings (SSSR count). The second-order valence-electron chi connectivity index (χ2n) is 8.35. The Morgan fingerprint density at radius 1 is 0.680 bits per heavy atom. The van der Waals surface area contributed by atoms with Crippen LogP contribution in [0.25, 0.3) is 11.6 Å². The number of hydrogen-bond donors (Lipinski definition) is 0. The molecule has 0 unspecified atom stereocenters. The number of ether oxygens (including phenoxy) is 2. The zero-order valence-electron chi connectivity index (χ0n) is 16.5. The lowest BCUT2D eigenvalue weighted by molar-refractivity contribution is 0.130. The van der Waals surface area contributed by atoms with Crippen LogP contribution in [0.1, 0.15) is 59.6 Å². The van der Waals surface area contributed by atoms with Crippen LogP contribution in [-0.4, -0.2) is 11.2 Å². The minimum Gasteiger partial charge on any atom is -0.488 e. The van der Waals surface area contributed by atoms with Crippen molar-refractivity contribution in [3.63, 3.8) is 0 Å². The molecule has 0 amide bonds. The molecule has 2 aromatic carbocycles. The highest BCUT2D eigenvalue weighted by Gasteiger charge is 2.12. The Morgan fingerprint density at radius 3 is 1.48 bits per heavy atom. The van der Waals surface area contributed by atoms with Crippen molar-refractivity contribution in [3.05, 3.63) is 59.7 Å². The van der Waals surface area contributed by atoms with Gasteiger partial charge in [-0.1, -0.05) is 30.3 Å². The van der Waals surface area contributed by atoms with Crippen LogP contribution in [0.15, 0.2) is 48.5 Å². The lowest BCUT2D eigenvalue weighted by Gasteiger charge is -2.21. The van der Waals surface area contributed by atoms with Crippen LogP contribution >= 0.6 is 0 Å². The van der Waals surface area contributed by atoms with Gasteiger partial charge < -0.3 is 9.47 Å². The zero-order chi connectivity index (χ0) is 18.7. The molecule has 0 spiro atoms. The zero-order valence-corrected chi connectivity index (χ0v) is 16.5. The first-order valence-corrected chi connectivity index (χ1v) is 8.79. The maximum absolute atomic E-state index is 5.87. The highest BCUT2D eigenvalue weighted by Crippen LogP contribution is 2.24. The summed E-state index contributed by atoms with van der Waals surface area (Å²) in [7, 11) is 0. The summed E-state index contributed by atoms with van der Waals surface area (Å²) in [4.78, 5) is 0. The molecular formula is C23H30O2. The minimum absolute atomic E-state index is 0.176. The molecule has 0 aliphatic heterocycles. The van der Waals surface area contributed by atoms with Crippen LogP contribution in [0.4, 0.5) is 0 Å². The van der Waals surface area contributed by atoms with E-state index in [9.17, 15) is 0 Å². The molecule has 134 valence electrons. The molecule has 0 fully saturated rings. The Labute approximate surface area is 152 Å². The van der Waals surface area contributed by atoms with Crippen molar-refractivity contribution >= 4 is 11.6 Å². The number of benzene rings is 2. The van der Waals surface area contributed by atoms with Gasteiger partial charge in [-0.2, -0.15) is 0 Å². The van der Waals surface area contributed by atoms with Gasteiger partial charge in [-0.05, 0) is 89.4 Å². The molecule has 0 heterocycles. The molecule has 0 aromatic heterocycles. The molecule has 0 saturated carbocycles. The van der Waals surface area contributed by atoms with E-state index in [1.54, 1.807) is 0 Å². The van der Waals surface area contributed by atoms with Crippen LogP contribution in [-0.2, 0) is 0 Å². The molecule has 0 aliphatic rings. The summed E-state index contributed by atoms with van der Waals surface area (Å²) < 4.78 is 11.7. The summed E-state index contributed by atoms with van der Waals surface area (Å²) in [6.45, 7) is 14.4. The maximum atomic E-state index is 5.87. The highest BCUT2D eigenvalue weighted by molar-refractivity contribution is 5.80. The summed E-state index contributed by atoms with van der Waals surface area (Å²) in [6, 6.07) is 16.5. The average Bonchev–Trinajstić information content (AvgIpc) is 2.47. The summed E-state index contributed by atoms with van der Waals surface area (Å²) in [5.74, 6) is 1.79. The van der Waals surface area contributed by atoms with Gasteiger partial charge in [-0.3, -0.25) is 0 Å². The van der Waals surface area contributed by atoms with Gasteiger partial charge in [0.05, 0.1) is 0 Å². The molecule has 0 aliphatic carbocycles. The van der Waals surface area contributed by atoms with Crippen molar-refractivity contribution in [2.45, 2.75) is 59.7 Å². The molecule has 2 nitrogen and oxygen atoms in total. The first kappa shape index (κ1) is 19.1. The largest absolute Gasteiger partial charge is 0.488 e. The number of rotatable bonds is 4. The van der Waals surface area contributed by atoms with E-state index in [1.165, 1.54) is 11.1 Å². The third kappa shape index (κ3) is 6.66. The third-order valence-corrected chi connectivity index (χ3v) is 3.42. The van der Waals surface area contributed by atoms with Crippen LogP contribution in [0.5, 0.6) is 11.5 Å². The second-order valence-corrected chi connectivity index (χ2v) is 8.35. The molecule has 25 heavy (non-hydrogen) atoms. The smallest absolute Gasteiger partial charge is 0.120 e. The van der Waals surface area contributed by atoms with Gasteiger partial charge in [0.1, 0.15) is 22.7 Å². The fourth-order valence-electron chi connectivity index (χ4n) is 2.46. The van der Waals surface area contributed by atoms with E-state index in [0.29, 0.717) is 0 Å². The lowest BCUT2D eigenvalue weighted by atomic mass is 10.0. The fraction of sp³-hybridized carbons (Fsp3) is 0.391. The number of allylic oxidation sites excluding steroid dienone is 1. The van der Waals surface area contributed by atoms with Crippen LogP contribution in [0, 0.1) is 0 Å². The predicted octanol–water partition coefficient (Wildman–Crippen LogP) is 6.60. The first-order valence-electron chi connectivity index (χ1n) is 8.79. The van der Waals surface area contributed by atoms with Gasteiger partial charge >= 0.3 is 0 Å². The standard InChI is InChI=1S/C23H30O2/c1-17(19-10-14-21(15-11-19)25-23(5,6)7)16-18-8-12-20(13-9-18)24-22(2,3)4/h8-16H,1-7H3/b17-16+. The van der Waals surface area contributed by atoms with Gasteiger partial charge in [0.15, 0.2) is 0 Å². The second kappa shape index (κ2) is 7.35. The molecule has 0 bridgehead atoms. The maximum Gasteiger partial charge on any atom is 0.120 e. The van der Waals surface area contributed by atoms with Crippen molar-refractivity contribution < 1.29 is 9.47 Å². The summed E-state index contributed by atoms with van der Waals surface area (Å²) in [6.07, 6.45) is 2.18. The molecule has 0 atom stereocenters. The van der Waals surface area contributed by atoms with Gasteiger partial charge in [0.2, 0.25) is 0 Å². The van der Waals surface area contributed by atoms with Gasteiger partial charge in [0.25, 0.3) is 0 Å². The normalized spacial score (nSPS) is 12.8. The molecule has 2 aromatic rings. The molecule has 0 radical (unpaired) electrons. The Bertz CT molecular complexity index is 709. The summed E-state index contributed by atoms with van der Waals surface area (Å²) in [5, 5.41) is 0. The van der Waals surface area contributed by atoms with E-state index in [4.69, 9.17) is 9.47 Å². The average molecular weight is 338 g/mol. The van der Waals surface area contributed by atoms with Gasteiger partial charge in [-0.15, -0.1) is 0 Å². The van der Waals surface area contributed by atoms with E-state index in [2.05, 4.69) is 78.8 Å². The van der Waals surface area contributed by atoms with Crippen molar-refractivity contribution in [2.75, 3.05) is 0 Å². The highest BCUT2D eigenvalue weighted by atomic mass is 16.5. The van der Waals surface area contributed by atoms with Gasteiger partial charge in [-0.25, -0.2) is 0 Å². The summed E-state index contributed by atoms with van der Waals surface area (Å²) in [5.41, 5.74) is 3.21. The fourth-order valence-corrected chi connectivity index (χ4v) is 2.46. The topological polar surface area (TPSA) is 18.5 Å². The van der Waals surface area contributed by atoms with Crippen LogP contribution in [0.2, 0.25) is 0 Å². The summed E-state index contributed by atoms with van der Waals surface area (Å²) >= 11 is 0. The molecule has 2 heteroatoms. The Hall–Kier alpha value is -2.22. The van der Waals surface area contributed by atoms with E-state index in [-0.39, 0.29) is 11.2 Å². The monoisotopic (exact) mass is 338 g/mol. The van der Waals surface area contributed by atoms with E-state index in [0.717, 1.165) is 17.1 Å². The van der Waals surface area contributed by atoms with Crippen LogP contribution < -0.4 is 9.47 Å². The quantitative estimate of drug-likeness (QED) is 0.585. The molecule has 0 N–H and O–H groups in total. The SMILES string of the molecule is C/C(=C\c1ccc(OC(C)(C)C)cc1)c1ccc(OC(C)(C)C)cc1. The lowest BCUT2D eigenvalue weighted by Crippen LogP contribution is -2.22. The van der Waals surface area contributed by atoms with Crippen LogP contribution in [0.3, 0.4) is 0 Å². The van der Waals surface area contributed by atoms with Crippen molar-refractivity contribution in [2.24, 2.45) is 0 Å². The van der Waals surface area contributed by atoms with Crippen molar-refractivity contribution in [1.29, 1.82) is 0 Å². The van der Waals surface area contributed by atoms with E-state index in [1.807, 2.05) is 24.3 Å². The first-order chi connectivity index (χ1) is 11.5. The van der Waals surface area contributed by atoms with Crippen molar-refractivity contribution in [1.82, 2.24) is 0 Å². The Kier molecular flexibility index (Phi) is 5.62. The Balaban J connectivity index is 2.10. The minimum atomic E-state index is -0.177. The number of hydrogen-bond acceptors (Lipinski definition) is 2. The Morgan fingerprint density at radius 2 is 1.08 bits per heavy atom.